The van der Waals surface area contributed by atoms with Crippen LogP contribution < -0.4 is 5.32 Å². The molecule has 45 heavy (non-hydrogen) atoms. The maximum atomic E-state index is 14.4. The van der Waals surface area contributed by atoms with E-state index in [-0.39, 0.29) is 35.4 Å². The van der Waals surface area contributed by atoms with E-state index in [1.165, 1.54) is 41.3 Å². The number of anilines is 1. The van der Waals surface area contributed by atoms with E-state index in [2.05, 4.69) is 58.5 Å². The summed E-state index contributed by atoms with van der Waals surface area (Å²) in [4.78, 5) is 34.6. The second kappa shape index (κ2) is 11.7. The molecule has 1 saturated carbocycles. The molecule has 0 bridgehead atoms. The van der Waals surface area contributed by atoms with Crippen molar-refractivity contribution in [2.45, 2.75) is 69.1 Å². The molecule has 6 nitrogen and oxygen atoms in total. The minimum atomic E-state index is -4.71. The molecule has 1 aliphatic heterocycles. The Morgan fingerprint density at radius 1 is 1.18 bits per heavy atom. The molecule has 238 valence electrons. The van der Waals surface area contributed by atoms with Gasteiger partial charge in [0.15, 0.2) is 5.13 Å². The largest absolute Gasteiger partial charge is 0.416 e. The van der Waals surface area contributed by atoms with E-state index in [9.17, 15) is 27.2 Å². The number of likely N-dealkylation sites (tertiary alicyclic amines) is 1. The van der Waals surface area contributed by atoms with Crippen LogP contribution in [-0.4, -0.2) is 52.8 Å². The van der Waals surface area contributed by atoms with Crippen molar-refractivity contribution in [2.75, 3.05) is 25.5 Å². The highest BCUT2D eigenvalue weighted by atomic mass is 32.1. The second-order valence-corrected chi connectivity index (χ2v) is 13.7. The number of nitrogens with zero attached hydrogens (tertiary/aromatic N) is 3. The Bertz CT molecular complexity index is 1650. The topological polar surface area (TPSA) is 65.5 Å². The third kappa shape index (κ3) is 5.80. The van der Waals surface area contributed by atoms with E-state index in [1.807, 2.05) is 0 Å². The summed E-state index contributed by atoms with van der Waals surface area (Å²) < 4.78 is 54.4. The van der Waals surface area contributed by atoms with Gasteiger partial charge in [0.1, 0.15) is 5.82 Å². The van der Waals surface area contributed by atoms with Crippen LogP contribution in [0.4, 0.5) is 22.7 Å². The van der Waals surface area contributed by atoms with Gasteiger partial charge in [0.05, 0.1) is 16.7 Å². The lowest BCUT2D eigenvalue weighted by molar-refractivity contribution is -0.137. The van der Waals surface area contributed by atoms with Gasteiger partial charge < -0.3 is 10.2 Å². The Kier molecular flexibility index (Phi) is 8.14. The fraction of sp³-hybridized carbons (Fsp3) is 0.441. The Labute approximate surface area is 264 Å². The number of nitrogens with one attached hydrogen (secondary N) is 1. The van der Waals surface area contributed by atoms with Crippen molar-refractivity contribution in [3.63, 3.8) is 0 Å². The van der Waals surface area contributed by atoms with Gasteiger partial charge in [-0.1, -0.05) is 43.3 Å². The van der Waals surface area contributed by atoms with Crippen LogP contribution in [0.1, 0.15) is 67.5 Å². The van der Waals surface area contributed by atoms with Crippen molar-refractivity contribution >= 4 is 34.4 Å². The second-order valence-electron chi connectivity index (χ2n) is 12.8. The number of fused-ring (bicyclic) bond motifs is 2. The molecule has 4 unspecified atom stereocenters. The van der Waals surface area contributed by atoms with Crippen molar-refractivity contribution in [3.8, 4) is 0 Å². The monoisotopic (exact) mass is 640 g/mol. The first-order chi connectivity index (χ1) is 21.3. The zero-order valence-corrected chi connectivity index (χ0v) is 26.3. The van der Waals surface area contributed by atoms with Crippen LogP contribution in [0.15, 0.2) is 53.9 Å². The Morgan fingerprint density at radius 2 is 1.96 bits per heavy atom. The molecule has 1 saturated heterocycles. The smallest absolute Gasteiger partial charge is 0.341 e. The van der Waals surface area contributed by atoms with Gasteiger partial charge in [0, 0.05) is 43.9 Å². The third-order valence-electron chi connectivity index (χ3n) is 9.97. The maximum absolute atomic E-state index is 14.4. The number of piperidine rings is 1. The lowest BCUT2D eigenvalue weighted by atomic mass is 9.67. The molecular formula is C34H36F4N4O2S. The first-order valence-corrected chi connectivity index (χ1v) is 16.1. The minimum absolute atomic E-state index is 0.0127. The molecular weight excluding hydrogens is 604 g/mol. The first kappa shape index (κ1) is 31.4. The number of halogens is 4. The number of hydrogen-bond donors (Lipinski definition) is 1. The zero-order valence-electron chi connectivity index (χ0n) is 25.5. The number of alkyl halides is 3. The SMILES string of the molecule is CC(=O)Nc1nc(C2(C(=O)N(C)Cc3cc(F)cc(C(F)(F)F)c3)CCC(N3CCC4(C=Cc5ccccc54)C(C)C3)C2)cs1. The van der Waals surface area contributed by atoms with Crippen molar-refractivity contribution in [1.82, 2.24) is 14.8 Å². The summed E-state index contributed by atoms with van der Waals surface area (Å²) in [6.07, 6.45) is 2.57. The fourth-order valence-electron chi connectivity index (χ4n) is 7.74. The van der Waals surface area contributed by atoms with E-state index in [0.29, 0.717) is 35.7 Å². The number of carbonyl (C=O) groups is 2. The Hall–Kier alpha value is -3.57. The van der Waals surface area contributed by atoms with Crippen LogP contribution in [0.3, 0.4) is 0 Å². The normalized spacial score (nSPS) is 26.3. The molecule has 2 aromatic carbocycles. The van der Waals surface area contributed by atoms with Crippen molar-refractivity contribution in [3.05, 3.63) is 87.7 Å². The lowest BCUT2D eigenvalue weighted by Gasteiger charge is -2.46. The van der Waals surface area contributed by atoms with Gasteiger partial charge >= 0.3 is 6.18 Å². The fourth-order valence-corrected chi connectivity index (χ4v) is 8.60. The van der Waals surface area contributed by atoms with Gasteiger partial charge in [-0.05, 0) is 73.0 Å². The van der Waals surface area contributed by atoms with Crippen molar-refractivity contribution in [2.24, 2.45) is 5.92 Å². The molecule has 2 heterocycles. The summed E-state index contributed by atoms with van der Waals surface area (Å²) in [6, 6.07) is 11.0. The van der Waals surface area contributed by atoms with Gasteiger partial charge in [-0.25, -0.2) is 9.37 Å². The van der Waals surface area contributed by atoms with Gasteiger partial charge in [0.2, 0.25) is 11.8 Å². The molecule has 2 amide bonds. The molecule has 1 spiro atoms. The summed E-state index contributed by atoms with van der Waals surface area (Å²) >= 11 is 1.24. The molecule has 2 aliphatic carbocycles. The molecule has 3 aromatic rings. The molecule has 11 heteroatoms. The van der Waals surface area contributed by atoms with E-state index < -0.39 is 23.0 Å². The van der Waals surface area contributed by atoms with Gasteiger partial charge in [0.25, 0.3) is 0 Å². The molecule has 3 aliphatic rings. The number of rotatable bonds is 6. The Balaban J connectivity index is 1.25. The van der Waals surface area contributed by atoms with E-state index in [1.54, 1.807) is 5.38 Å². The molecule has 1 N–H and O–H groups in total. The molecule has 2 fully saturated rings. The van der Waals surface area contributed by atoms with Crippen molar-refractivity contribution in [1.29, 1.82) is 0 Å². The average molecular weight is 641 g/mol. The summed E-state index contributed by atoms with van der Waals surface area (Å²) in [6.45, 7) is 5.21. The highest BCUT2D eigenvalue weighted by molar-refractivity contribution is 7.14. The number of benzene rings is 2. The molecule has 1 aromatic heterocycles. The summed E-state index contributed by atoms with van der Waals surface area (Å²) in [5, 5.41) is 4.87. The minimum Gasteiger partial charge on any atom is -0.341 e. The average Bonchev–Trinajstić information content (AvgIpc) is 3.72. The van der Waals surface area contributed by atoms with E-state index >= 15 is 0 Å². The van der Waals surface area contributed by atoms with Crippen LogP contribution in [-0.2, 0) is 33.1 Å². The number of likely N-dealkylation sites (N-methyl/N-ethyl adjacent to an activating group) is 1. The number of amides is 2. The third-order valence-corrected chi connectivity index (χ3v) is 10.7. The zero-order chi connectivity index (χ0) is 32.1. The van der Waals surface area contributed by atoms with Crippen LogP contribution in [0, 0.1) is 11.7 Å². The number of hydrogen-bond acceptors (Lipinski definition) is 5. The van der Waals surface area contributed by atoms with Gasteiger partial charge in [-0.3, -0.25) is 14.5 Å². The maximum Gasteiger partial charge on any atom is 0.416 e. The van der Waals surface area contributed by atoms with E-state index in [0.717, 1.165) is 38.1 Å². The molecule has 4 atom stereocenters. The standard InChI is InChI=1S/C34H36F4N4O2S/c1-21-18-42(13-12-32(21)10-8-24-6-4-5-7-28(24)32)27-9-11-33(17-27,29-20-45-31(40-29)39-22(2)43)30(44)41(3)19-23-14-25(34(36,37)38)16-26(35)15-23/h4-8,10,14-16,20-21,27H,9,11-13,17-19H2,1-3H3,(H,39,40,43). The lowest BCUT2D eigenvalue weighted by Crippen LogP contribution is -2.51. The number of thiazole rings is 1. The first-order valence-electron chi connectivity index (χ1n) is 15.2. The van der Waals surface area contributed by atoms with Crippen LogP contribution in [0.25, 0.3) is 6.08 Å². The van der Waals surface area contributed by atoms with Gasteiger partial charge in [-0.15, -0.1) is 11.3 Å². The molecule has 0 radical (unpaired) electrons. The predicted molar refractivity (Wildman–Crippen MR) is 166 cm³/mol. The number of allylic oxidation sites excluding steroid dienone is 1. The van der Waals surface area contributed by atoms with Gasteiger partial charge in [-0.2, -0.15) is 13.2 Å². The highest BCUT2D eigenvalue weighted by Crippen LogP contribution is 2.50. The predicted octanol–water partition coefficient (Wildman–Crippen LogP) is 7.01. The summed E-state index contributed by atoms with van der Waals surface area (Å²) in [5.41, 5.74) is 1.09. The number of aromatic nitrogens is 1. The summed E-state index contributed by atoms with van der Waals surface area (Å²) in [5.74, 6) is -1.21. The molecule has 6 rings (SSSR count). The van der Waals surface area contributed by atoms with Crippen LogP contribution in [0.5, 0.6) is 0 Å². The van der Waals surface area contributed by atoms with Crippen LogP contribution >= 0.6 is 11.3 Å². The van der Waals surface area contributed by atoms with Crippen LogP contribution in [0.2, 0.25) is 0 Å². The van der Waals surface area contributed by atoms with Crippen molar-refractivity contribution < 1.29 is 27.2 Å². The highest BCUT2D eigenvalue weighted by Gasteiger charge is 2.53. The Morgan fingerprint density at radius 3 is 2.69 bits per heavy atom. The van der Waals surface area contributed by atoms with E-state index in [4.69, 9.17) is 0 Å². The quantitative estimate of drug-likeness (QED) is 0.295. The summed E-state index contributed by atoms with van der Waals surface area (Å²) in [7, 11) is 1.53. The number of carbonyl (C=O) groups excluding carboxylic acids is 2.